The Morgan fingerprint density at radius 3 is 2.79 bits per heavy atom. The maximum Gasteiger partial charge on any atom is 0.354 e. The van der Waals surface area contributed by atoms with Gasteiger partial charge in [-0.25, -0.2) is 9.78 Å². The topological polar surface area (TPSA) is 50.2 Å². The van der Waals surface area contributed by atoms with E-state index in [1.807, 2.05) is 12.1 Å². The lowest BCUT2D eigenvalue weighted by molar-refractivity contribution is 0.0691. The van der Waals surface area contributed by atoms with Crippen molar-refractivity contribution in [3.63, 3.8) is 0 Å². The third-order valence-corrected chi connectivity index (χ3v) is 2.59. The molecule has 0 unspecified atom stereocenters. The highest BCUT2D eigenvalue weighted by atomic mass is 79.9. The zero-order valence-corrected chi connectivity index (χ0v) is 8.65. The van der Waals surface area contributed by atoms with Gasteiger partial charge in [-0.05, 0) is 24.3 Å². The van der Waals surface area contributed by atoms with Gasteiger partial charge in [-0.2, -0.15) is 0 Å². The van der Waals surface area contributed by atoms with Crippen molar-refractivity contribution in [2.24, 2.45) is 0 Å². The van der Waals surface area contributed by atoms with Crippen LogP contribution in [-0.2, 0) is 0 Å². The lowest BCUT2D eigenvalue weighted by Crippen LogP contribution is -1.99. The van der Waals surface area contributed by atoms with Crippen LogP contribution in [0.25, 0.3) is 10.9 Å². The molecule has 0 radical (unpaired) electrons. The van der Waals surface area contributed by atoms with Gasteiger partial charge in [0.05, 0.1) is 5.52 Å². The summed E-state index contributed by atoms with van der Waals surface area (Å²) in [5.41, 5.74) is 0.745. The highest BCUT2D eigenvalue weighted by molar-refractivity contribution is 9.10. The number of rotatable bonds is 1. The van der Waals surface area contributed by atoms with Gasteiger partial charge in [0.15, 0.2) is 0 Å². The molecular weight excluding hydrogens is 246 g/mol. The van der Waals surface area contributed by atoms with Crippen molar-refractivity contribution in [2.75, 3.05) is 0 Å². The van der Waals surface area contributed by atoms with E-state index < -0.39 is 5.97 Å². The summed E-state index contributed by atoms with van der Waals surface area (Å²) in [6, 6.07) is 8.74. The maximum absolute atomic E-state index is 10.7. The van der Waals surface area contributed by atoms with Crippen LogP contribution >= 0.6 is 15.9 Å². The molecule has 0 aliphatic rings. The molecule has 1 aromatic carbocycles. The van der Waals surface area contributed by atoms with Crippen LogP contribution in [0.4, 0.5) is 0 Å². The molecule has 0 amide bonds. The number of nitrogens with zero attached hydrogens (tertiary/aromatic N) is 1. The van der Waals surface area contributed by atoms with E-state index in [0.29, 0.717) is 5.52 Å². The van der Waals surface area contributed by atoms with Crippen LogP contribution in [0.3, 0.4) is 0 Å². The van der Waals surface area contributed by atoms with Gasteiger partial charge >= 0.3 is 5.97 Å². The molecule has 2 aromatic rings. The summed E-state index contributed by atoms with van der Waals surface area (Å²) in [7, 11) is 0. The maximum atomic E-state index is 10.7. The van der Waals surface area contributed by atoms with Gasteiger partial charge in [0.25, 0.3) is 0 Å². The van der Waals surface area contributed by atoms with Crippen LogP contribution in [0.1, 0.15) is 10.5 Å². The number of pyridine rings is 1. The van der Waals surface area contributed by atoms with E-state index in [4.69, 9.17) is 5.11 Å². The quantitative estimate of drug-likeness (QED) is 0.848. The minimum absolute atomic E-state index is 0.0654. The first-order valence-electron chi connectivity index (χ1n) is 3.97. The third-order valence-electron chi connectivity index (χ3n) is 1.90. The van der Waals surface area contributed by atoms with E-state index in [1.54, 1.807) is 12.1 Å². The average Bonchev–Trinajstić information content (AvgIpc) is 2.17. The summed E-state index contributed by atoms with van der Waals surface area (Å²) in [6.07, 6.45) is 0. The molecule has 0 aliphatic heterocycles. The fraction of sp³-hybridized carbons (Fsp3) is 0. The molecule has 70 valence electrons. The first kappa shape index (κ1) is 9.15. The molecule has 14 heavy (non-hydrogen) atoms. The zero-order valence-electron chi connectivity index (χ0n) is 7.07. The van der Waals surface area contributed by atoms with E-state index in [9.17, 15) is 4.79 Å². The molecule has 0 saturated heterocycles. The Hall–Kier alpha value is -1.42. The van der Waals surface area contributed by atoms with Crippen molar-refractivity contribution < 1.29 is 9.90 Å². The predicted molar refractivity (Wildman–Crippen MR) is 56.4 cm³/mol. The van der Waals surface area contributed by atoms with Crippen molar-refractivity contribution in [2.45, 2.75) is 0 Å². The molecule has 3 nitrogen and oxygen atoms in total. The third kappa shape index (κ3) is 1.48. The van der Waals surface area contributed by atoms with E-state index >= 15 is 0 Å². The van der Waals surface area contributed by atoms with Crippen molar-refractivity contribution in [1.82, 2.24) is 4.98 Å². The highest BCUT2D eigenvalue weighted by Gasteiger charge is 2.06. The van der Waals surface area contributed by atoms with Gasteiger partial charge in [0, 0.05) is 9.86 Å². The van der Waals surface area contributed by atoms with Gasteiger partial charge in [0.2, 0.25) is 0 Å². The fourth-order valence-corrected chi connectivity index (χ4v) is 1.72. The number of aromatic nitrogens is 1. The van der Waals surface area contributed by atoms with Gasteiger partial charge in [-0.3, -0.25) is 0 Å². The van der Waals surface area contributed by atoms with Crippen molar-refractivity contribution >= 4 is 32.8 Å². The van der Waals surface area contributed by atoms with Gasteiger partial charge in [-0.1, -0.05) is 22.0 Å². The number of halogens is 1. The smallest absolute Gasteiger partial charge is 0.354 e. The Kier molecular flexibility index (Phi) is 2.21. The summed E-state index contributed by atoms with van der Waals surface area (Å²) < 4.78 is 0.916. The number of benzene rings is 1. The number of carboxylic acids is 1. The van der Waals surface area contributed by atoms with Gasteiger partial charge < -0.3 is 5.11 Å². The van der Waals surface area contributed by atoms with Crippen LogP contribution in [0, 0.1) is 0 Å². The van der Waals surface area contributed by atoms with Crippen LogP contribution < -0.4 is 0 Å². The van der Waals surface area contributed by atoms with Crippen LogP contribution in [0.2, 0.25) is 0 Å². The van der Waals surface area contributed by atoms with E-state index in [-0.39, 0.29) is 5.69 Å². The van der Waals surface area contributed by atoms with Crippen molar-refractivity contribution in [1.29, 1.82) is 0 Å². The van der Waals surface area contributed by atoms with E-state index in [0.717, 1.165) is 9.86 Å². The minimum Gasteiger partial charge on any atom is -0.477 e. The monoisotopic (exact) mass is 251 g/mol. The molecule has 0 saturated carbocycles. The van der Waals surface area contributed by atoms with Crippen LogP contribution in [-0.4, -0.2) is 16.1 Å². The number of carboxylic acid groups (broad SMARTS) is 1. The second-order valence-corrected chi connectivity index (χ2v) is 3.66. The molecule has 1 N–H and O–H groups in total. The highest BCUT2D eigenvalue weighted by Crippen LogP contribution is 2.22. The summed E-state index contributed by atoms with van der Waals surface area (Å²) in [4.78, 5) is 14.7. The predicted octanol–water partition coefficient (Wildman–Crippen LogP) is 2.70. The number of hydrogen-bond acceptors (Lipinski definition) is 2. The fourth-order valence-electron chi connectivity index (χ4n) is 1.24. The summed E-state index contributed by atoms with van der Waals surface area (Å²) in [5.74, 6) is -1.01. The standard InChI is InChI=1S/C10H6BrNO2/c11-7-2-1-3-8-6(7)4-5-9(12-8)10(13)14/h1-5H,(H,13,14). The molecular formula is C10H6BrNO2. The SMILES string of the molecule is O=C(O)c1ccc2c(Br)cccc2n1. The van der Waals surface area contributed by atoms with Gasteiger partial charge in [0.1, 0.15) is 5.69 Å². The Morgan fingerprint density at radius 1 is 1.29 bits per heavy atom. The molecule has 1 heterocycles. The molecule has 0 bridgehead atoms. The first-order chi connectivity index (χ1) is 6.68. The Labute approximate surface area is 88.5 Å². The second-order valence-electron chi connectivity index (χ2n) is 2.81. The van der Waals surface area contributed by atoms with Gasteiger partial charge in [-0.15, -0.1) is 0 Å². The number of aromatic carboxylic acids is 1. The Bertz CT molecular complexity index is 510. The Balaban J connectivity index is 2.73. The van der Waals surface area contributed by atoms with Crippen molar-refractivity contribution in [3.05, 3.63) is 40.5 Å². The van der Waals surface area contributed by atoms with E-state index in [1.165, 1.54) is 6.07 Å². The van der Waals surface area contributed by atoms with Crippen LogP contribution in [0.5, 0.6) is 0 Å². The second kappa shape index (κ2) is 3.38. The molecule has 0 atom stereocenters. The molecule has 4 heteroatoms. The zero-order chi connectivity index (χ0) is 10.1. The first-order valence-corrected chi connectivity index (χ1v) is 4.76. The summed E-state index contributed by atoms with van der Waals surface area (Å²) in [5, 5.41) is 9.65. The number of fused-ring (bicyclic) bond motifs is 1. The van der Waals surface area contributed by atoms with E-state index in [2.05, 4.69) is 20.9 Å². The normalized spacial score (nSPS) is 10.4. The molecule has 2 rings (SSSR count). The lowest BCUT2D eigenvalue weighted by atomic mass is 10.2. The molecule has 0 spiro atoms. The summed E-state index contributed by atoms with van der Waals surface area (Å²) in [6.45, 7) is 0. The molecule has 0 fully saturated rings. The summed E-state index contributed by atoms with van der Waals surface area (Å²) >= 11 is 3.37. The minimum atomic E-state index is -1.01. The van der Waals surface area contributed by atoms with Crippen molar-refractivity contribution in [3.8, 4) is 0 Å². The van der Waals surface area contributed by atoms with Crippen LogP contribution in [0.15, 0.2) is 34.8 Å². The number of hydrogen-bond donors (Lipinski definition) is 1. The number of carbonyl (C=O) groups is 1. The average molecular weight is 252 g/mol. The Morgan fingerprint density at radius 2 is 2.07 bits per heavy atom. The lowest BCUT2D eigenvalue weighted by Gasteiger charge is -2.00. The molecule has 1 aromatic heterocycles. The largest absolute Gasteiger partial charge is 0.477 e. The molecule has 0 aliphatic carbocycles.